The Morgan fingerprint density at radius 2 is 1.44 bits per heavy atom. The molecule has 0 heterocycles. The highest BCUT2D eigenvalue weighted by molar-refractivity contribution is 7.85. The van der Waals surface area contributed by atoms with Gasteiger partial charge in [-0.3, -0.25) is 19.1 Å². The van der Waals surface area contributed by atoms with Gasteiger partial charge in [-0.15, -0.1) is 0 Å². The van der Waals surface area contributed by atoms with E-state index in [0.29, 0.717) is 0 Å². The summed E-state index contributed by atoms with van der Waals surface area (Å²) in [6.07, 6.45) is -5.66. The molecular weight excluding hydrogens is 534 g/mol. The van der Waals surface area contributed by atoms with E-state index in [1.54, 1.807) is 0 Å². The highest BCUT2D eigenvalue weighted by atomic mass is 32.2. The summed E-state index contributed by atoms with van der Waals surface area (Å²) < 4.78 is 172. The van der Waals surface area contributed by atoms with Crippen molar-refractivity contribution >= 4 is 22.5 Å². The van der Waals surface area contributed by atoms with E-state index < -0.39 is 80.7 Å². The van der Waals surface area contributed by atoms with Gasteiger partial charge in [0.25, 0.3) is 5.69 Å². The smallest absolute Gasteiger partial charge is 0.384 e. The second kappa shape index (κ2) is 9.57. The molecule has 0 saturated carbocycles. The molecule has 1 atom stereocenters. The van der Waals surface area contributed by atoms with Crippen LogP contribution in [0.5, 0.6) is 0 Å². The molecule has 0 aliphatic carbocycles. The predicted octanol–water partition coefficient (Wildman–Crippen LogP) is 4.69. The number of hydrogen-bond acceptors (Lipinski definition) is 5. The van der Waals surface area contributed by atoms with E-state index in [0.717, 1.165) is 24.3 Å². The van der Waals surface area contributed by atoms with E-state index in [1.807, 2.05) is 0 Å². The normalized spacial score (nSPS) is 14.7. The lowest BCUT2D eigenvalue weighted by molar-refractivity contribution is -0.414. The lowest BCUT2D eigenvalue weighted by Gasteiger charge is -2.38. The quantitative estimate of drug-likeness (QED) is 0.175. The zero-order valence-electron chi connectivity index (χ0n) is 15.7. The minimum atomic E-state index is -7.79. The number of hydrogen-bond donors (Lipinski definition) is 0. The van der Waals surface area contributed by atoms with Crippen molar-refractivity contribution in [1.29, 1.82) is 0 Å². The number of rotatable bonds is 11. The van der Waals surface area contributed by atoms with E-state index in [2.05, 4.69) is 4.74 Å². The van der Waals surface area contributed by atoms with Crippen molar-refractivity contribution < 1.29 is 71.3 Å². The molecule has 0 amide bonds. The predicted molar refractivity (Wildman–Crippen MR) is 86.1 cm³/mol. The fourth-order valence-corrected chi connectivity index (χ4v) is 3.12. The van der Waals surface area contributed by atoms with Gasteiger partial charge in [0.2, 0.25) is 0 Å². The number of nitrogens with zero attached hydrogens (tertiary/aromatic N) is 1. The SMILES string of the molecule is O=C(CS(=O)c1ccccc1[N+](=O)[O-])OCC(F)(F)C(F)(F)C(F)(F)C(F)(F)C(F)(F)C(F)F. The Bertz CT molecular complexity index is 955. The standard InChI is InChI=1S/C15H9F12NO5S/c16-10(17)12(20,21)14(24,25)15(26,27)13(22,23)11(18,19)6-33-9(29)5-34(32)8-4-2-1-3-7(8)28(30)31/h1-4,10H,5-6H2. The van der Waals surface area contributed by atoms with Gasteiger partial charge >= 0.3 is 42.0 Å². The Morgan fingerprint density at radius 3 is 1.91 bits per heavy atom. The molecule has 0 radical (unpaired) electrons. The number of para-hydroxylation sites is 1. The second-order valence-electron chi connectivity index (χ2n) is 6.23. The van der Waals surface area contributed by atoms with Gasteiger partial charge in [-0.05, 0) is 6.07 Å². The van der Waals surface area contributed by atoms with Crippen molar-refractivity contribution in [2.24, 2.45) is 0 Å². The van der Waals surface area contributed by atoms with Gasteiger partial charge in [0, 0.05) is 6.07 Å². The van der Waals surface area contributed by atoms with Crippen LogP contribution < -0.4 is 0 Å². The highest BCUT2D eigenvalue weighted by Crippen LogP contribution is 2.58. The summed E-state index contributed by atoms with van der Waals surface area (Å²) in [6, 6.07) is 3.80. The molecule has 1 rings (SSSR count). The van der Waals surface area contributed by atoms with Crippen molar-refractivity contribution in [2.75, 3.05) is 12.4 Å². The number of halogens is 12. The van der Waals surface area contributed by atoms with Crippen LogP contribution in [0.4, 0.5) is 58.4 Å². The summed E-state index contributed by atoms with van der Waals surface area (Å²) >= 11 is 0. The minimum Gasteiger partial charge on any atom is -0.458 e. The molecule has 0 spiro atoms. The van der Waals surface area contributed by atoms with E-state index in [4.69, 9.17) is 0 Å². The van der Waals surface area contributed by atoms with E-state index >= 15 is 0 Å². The summed E-state index contributed by atoms with van der Waals surface area (Å²) in [6.45, 7) is -3.17. The van der Waals surface area contributed by atoms with Crippen molar-refractivity contribution in [3.63, 3.8) is 0 Å². The molecule has 0 aliphatic rings. The third-order valence-corrected chi connectivity index (χ3v) is 5.25. The first-order valence-corrected chi connectivity index (χ1v) is 9.41. The fourth-order valence-electron chi connectivity index (χ4n) is 2.06. The highest BCUT2D eigenvalue weighted by Gasteiger charge is 2.87. The van der Waals surface area contributed by atoms with Crippen LogP contribution in [-0.2, 0) is 20.3 Å². The molecule has 1 aromatic rings. The molecule has 0 saturated heterocycles. The number of carbonyl (C=O) groups is 1. The summed E-state index contributed by atoms with van der Waals surface area (Å²) in [7, 11) is -2.74. The molecule has 0 bridgehead atoms. The van der Waals surface area contributed by atoms with Crippen molar-refractivity contribution in [1.82, 2.24) is 0 Å². The van der Waals surface area contributed by atoms with Gasteiger partial charge in [0.15, 0.2) is 6.61 Å². The number of ether oxygens (including phenoxy) is 1. The average Bonchev–Trinajstić information content (AvgIpc) is 2.71. The Morgan fingerprint density at radius 1 is 0.941 bits per heavy atom. The number of benzene rings is 1. The summed E-state index contributed by atoms with van der Waals surface area (Å²) in [5, 5.41) is 10.8. The van der Waals surface area contributed by atoms with E-state index in [1.165, 1.54) is 0 Å². The van der Waals surface area contributed by atoms with Crippen LogP contribution in [0.2, 0.25) is 0 Å². The van der Waals surface area contributed by atoms with Crippen LogP contribution in [-0.4, -0.2) is 63.5 Å². The van der Waals surface area contributed by atoms with Crippen LogP contribution >= 0.6 is 0 Å². The average molecular weight is 543 g/mol. The number of esters is 1. The summed E-state index contributed by atoms with van der Waals surface area (Å²) in [4.78, 5) is 20.5. The maximum atomic E-state index is 13.6. The molecule has 0 N–H and O–H groups in total. The second-order valence-corrected chi connectivity index (χ2v) is 7.65. The van der Waals surface area contributed by atoms with Crippen molar-refractivity contribution in [3.8, 4) is 0 Å². The minimum absolute atomic E-state index is 0.679. The Hall–Kier alpha value is -2.60. The van der Waals surface area contributed by atoms with Crippen molar-refractivity contribution in [2.45, 2.75) is 40.9 Å². The molecule has 0 fully saturated rings. The third kappa shape index (κ3) is 5.07. The van der Waals surface area contributed by atoms with Crippen LogP contribution in [0.1, 0.15) is 0 Å². The molecule has 1 aromatic carbocycles. The Balaban J connectivity index is 3.06. The number of nitro benzene ring substituents is 1. The molecule has 19 heteroatoms. The van der Waals surface area contributed by atoms with Gasteiger partial charge in [0.1, 0.15) is 10.6 Å². The lowest BCUT2D eigenvalue weighted by Crippen LogP contribution is -2.69. The molecule has 34 heavy (non-hydrogen) atoms. The molecule has 194 valence electrons. The van der Waals surface area contributed by atoms with E-state index in [9.17, 15) is 71.8 Å². The Kier molecular flexibility index (Phi) is 8.28. The van der Waals surface area contributed by atoms with Crippen molar-refractivity contribution in [3.05, 3.63) is 34.4 Å². The molecule has 1 unspecified atom stereocenters. The first-order valence-electron chi connectivity index (χ1n) is 8.09. The molecule has 0 aromatic heterocycles. The van der Waals surface area contributed by atoms with Gasteiger partial charge in [-0.2, -0.15) is 43.9 Å². The maximum Gasteiger partial charge on any atom is 0.384 e. The van der Waals surface area contributed by atoms with Gasteiger partial charge in [-0.25, -0.2) is 8.78 Å². The van der Waals surface area contributed by atoms with Gasteiger partial charge < -0.3 is 4.74 Å². The van der Waals surface area contributed by atoms with Crippen LogP contribution in [0.15, 0.2) is 29.2 Å². The summed E-state index contributed by atoms with van der Waals surface area (Å²) in [5.41, 5.74) is -0.840. The topological polar surface area (TPSA) is 86.5 Å². The molecule has 0 aliphatic heterocycles. The zero-order chi connectivity index (χ0) is 26.9. The largest absolute Gasteiger partial charge is 0.458 e. The van der Waals surface area contributed by atoms with Crippen LogP contribution in [0.3, 0.4) is 0 Å². The zero-order valence-corrected chi connectivity index (χ0v) is 16.5. The first kappa shape index (κ1) is 29.4. The van der Waals surface area contributed by atoms with E-state index in [-0.39, 0.29) is 0 Å². The monoisotopic (exact) mass is 543 g/mol. The number of alkyl halides is 12. The van der Waals surface area contributed by atoms with Gasteiger partial charge in [0.05, 0.1) is 15.7 Å². The van der Waals surface area contributed by atoms with Gasteiger partial charge in [-0.1, -0.05) is 12.1 Å². The summed E-state index contributed by atoms with van der Waals surface area (Å²) in [5.74, 6) is -40.4. The third-order valence-electron chi connectivity index (χ3n) is 3.91. The Labute approximate surface area is 182 Å². The number of carbonyl (C=O) groups excluding carboxylic acids is 1. The fraction of sp³-hybridized carbons (Fsp3) is 0.533. The number of nitro groups is 1. The van der Waals surface area contributed by atoms with Crippen LogP contribution in [0.25, 0.3) is 0 Å². The molecule has 6 nitrogen and oxygen atoms in total. The first-order chi connectivity index (χ1) is 15.1. The maximum absolute atomic E-state index is 13.6. The van der Waals surface area contributed by atoms with Crippen LogP contribution in [0, 0.1) is 10.1 Å². The lowest BCUT2D eigenvalue weighted by atomic mass is 9.94. The molecular formula is C15H9F12NO5S.